The molecule has 0 fully saturated rings. The molecule has 25 heavy (non-hydrogen) atoms. The van der Waals surface area contributed by atoms with Gasteiger partial charge in [0.05, 0.1) is 0 Å². The van der Waals surface area contributed by atoms with Crippen LogP contribution in [-0.2, 0) is 22.4 Å². The Morgan fingerprint density at radius 1 is 0.960 bits per heavy atom. The summed E-state index contributed by atoms with van der Waals surface area (Å²) in [7, 11) is 0. The molecule has 0 aromatic heterocycles. The van der Waals surface area contributed by atoms with E-state index in [1.165, 1.54) is 5.56 Å². The molecule has 0 saturated heterocycles. The average Bonchev–Trinajstić information content (AvgIpc) is 2.62. The van der Waals surface area contributed by atoms with Gasteiger partial charge in [0.15, 0.2) is 0 Å². The summed E-state index contributed by atoms with van der Waals surface area (Å²) in [5, 5.41) is 2.95. The minimum Gasteiger partial charge on any atom is -0.342 e. The molecule has 2 aromatic carbocycles. The third-order valence-electron chi connectivity index (χ3n) is 4.24. The van der Waals surface area contributed by atoms with Crippen LogP contribution in [0.3, 0.4) is 0 Å². The number of anilines is 1. The molecule has 4 heteroatoms. The Kier molecular flexibility index (Phi) is 7.20. The summed E-state index contributed by atoms with van der Waals surface area (Å²) in [6.07, 6.45) is 1.96. The Morgan fingerprint density at radius 3 is 2.32 bits per heavy atom. The first kappa shape index (κ1) is 18.7. The smallest absolute Gasteiger partial charge is 0.226 e. The molecule has 0 spiro atoms. The zero-order valence-corrected chi connectivity index (χ0v) is 15.0. The highest BCUT2D eigenvalue weighted by molar-refractivity contribution is 5.91. The maximum atomic E-state index is 12.2. The van der Waals surface area contributed by atoms with Gasteiger partial charge in [-0.15, -0.1) is 0 Å². The lowest BCUT2D eigenvalue weighted by Crippen LogP contribution is -2.33. The Labute approximate surface area is 149 Å². The monoisotopic (exact) mass is 338 g/mol. The molecule has 0 atom stereocenters. The fourth-order valence-electron chi connectivity index (χ4n) is 2.74. The molecule has 2 amide bonds. The van der Waals surface area contributed by atoms with Crippen LogP contribution in [0.25, 0.3) is 0 Å². The fourth-order valence-corrected chi connectivity index (χ4v) is 2.74. The zero-order chi connectivity index (χ0) is 18.1. The number of nitrogens with one attached hydrogen (secondary N) is 1. The number of hydrogen-bond donors (Lipinski definition) is 1. The van der Waals surface area contributed by atoms with E-state index in [-0.39, 0.29) is 11.8 Å². The van der Waals surface area contributed by atoms with Crippen LogP contribution in [0.5, 0.6) is 0 Å². The minimum atomic E-state index is -0.0631. The quantitative estimate of drug-likeness (QED) is 0.798. The largest absolute Gasteiger partial charge is 0.342 e. The van der Waals surface area contributed by atoms with Crippen LogP contribution in [0.2, 0.25) is 0 Å². The first-order chi connectivity index (χ1) is 12.1. The van der Waals surface area contributed by atoms with E-state index in [2.05, 4.69) is 12.2 Å². The number of para-hydroxylation sites is 1. The molecule has 0 heterocycles. The van der Waals surface area contributed by atoms with Gasteiger partial charge in [-0.05, 0) is 30.0 Å². The molecule has 2 rings (SSSR count). The molecule has 0 unspecified atom stereocenters. The maximum absolute atomic E-state index is 12.2. The number of carbonyl (C=O) groups excluding carboxylic acids is 2. The Balaban J connectivity index is 1.85. The lowest BCUT2D eigenvalue weighted by molar-refractivity contribution is -0.129. The molecule has 0 aliphatic carbocycles. The van der Waals surface area contributed by atoms with E-state index < -0.39 is 0 Å². The van der Waals surface area contributed by atoms with Crippen LogP contribution < -0.4 is 5.32 Å². The van der Waals surface area contributed by atoms with Gasteiger partial charge in [0.1, 0.15) is 0 Å². The number of rotatable bonds is 8. The maximum Gasteiger partial charge on any atom is 0.226 e. The van der Waals surface area contributed by atoms with Gasteiger partial charge >= 0.3 is 0 Å². The van der Waals surface area contributed by atoms with Gasteiger partial charge in [-0.25, -0.2) is 0 Å². The van der Waals surface area contributed by atoms with Crippen LogP contribution in [0.1, 0.15) is 31.4 Å². The average molecular weight is 338 g/mol. The fraction of sp³-hybridized carbons (Fsp3) is 0.333. The van der Waals surface area contributed by atoms with Crippen LogP contribution in [-0.4, -0.2) is 29.8 Å². The molecule has 4 nitrogen and oxygen atoms in total. The van der Waals surface area contributed by atoms with Crippen molar-refractivity contribution in [1.29, 1.82) is 0 Å². The first-order valence-electron chi connectivity index (χ1n) is 8.77. The Hall–Kier alpha value is -2.62. The van der Waals surface area contributed by atoms with E-state index >= 15 is 0 Å². The predicted octanol–water partition coefficient (Wildman–Crippen LogP) is 3.67. The summed E-state index contributed by atoms with van der Waals surface area (Å²) in [6, 6.07) is 17.9. The summed E-state index contributed by atoms with van der Waals surface area (Å²) >= 11 is 0. The van der Waals surface area contributed by atoms with Gasteiger partial charge in [-0.1, -0.05) is 55.5 Å². The van der Waals surface area contributed by atoms with Crippen molar-refractivity contribution in [2.75, 3.05) is 18.4 Å². The number of amides is 2. The van der Waals surface area contributed by atoms with Crippen molar-refractivity contribution in [3.05, 3.63) is 65.7 Å². The van der Waals surface area contributed by atoms with Crippen molar-refractivity contribution in [2.24, 2.45) is 0 Å². The normalized spacial score (nSPS) is 10.3. The van der Waals surface area contributed by atoms with Crippen LogP contribution in [0.15, 0.2) is 54.6 Å². The molecule has 0 bridgehead atoms. The lowest BCUT2D eigenvalue weighted by Gasteiger charge is -2.21. The van der Waals surface area contributed by atoms with E-state index in [9.17, 15) is 9.59 Å². The SMILES string of the molecule is CCc1ccccc1NC(=O)CCN(CCc1ccccc1)C(C)=O. The van der Waals surface area contributed by atoms with E-state index in [4.69, 9.17) is 0 Å². The molecule has 1 N–H and O–H groups in total. The molecule has 0 radical (unpaired) electrons. The summed E-state index contributed by atoms with van der Waals surface area (Å²) in [6.45, 7) is 4.67. The minimum absolute atomic E-state index is 0.00214. The topological polar surface area (TPSA) is 49.4 Å². The van der Waals surface area contributed by atoms with Gasteiger partial charge in [0, 0.05) is 32.1 Å². The number of aryl methyl sites for hydroxylation is 1. The number of benzene rings is 2. The van der Waals surface area contributed by atoms with Crippen LogP contribution in [0, 0.1) is 0 Å². The van der Waals surface area contributed by atoms with Crippen molar-refractivity contribution in [3.63, 3.8) is 0 Å². The highest BCUT2D eigenvalue weighted by atomic mass is 16.2. The second-order valence-corrected chi connectivity index (χ2v) is 6.05. The van der Waals surface area contributed by atoms with Crippen LogP contribution in [0.4, 0.5) is 5.69 Å². The van der Waals surface area contributed by atoms with Crippen molar-refractivity contribution < 1.29 is 9.59 Å². The van der Waals surface area contributed by atoms with Gasteiger partial charge < -0.3 is 10.2 Å². The third kappa shape index (κ3) is 6.07. The third-order valence-corrected chi connectivity index (χ3v) is 4.24. The molecule has 2 aromatic rings. The standard InChI is InChI=1S/C21H26N2O2/c1-3-19-11-7-8-12-20(19)22-21(25)14-16-23(17(2)24)15-13-18-9-5-4-6-10-18/h4-12H,3,13-16H2,1-2H3,(H,22,25). The van der Waals surface area contributed by atoms with Crippen molar-refractivity contribution >= 4 is 17.5 Å². The highest BCUT2D eigenvalue weighted by Crippen LogP contribution is 2.15. The Bertz CT molecular complexity index is 698. The summed E-state index contributed by atoms with van der Waals surface area (Å²) in [5.41, 5.74) is 3.16. The predicted molar refractivity (Wildman–Crippen MR) is 101 cm³/mol. The number of carbonyl (C=O) groups is 2. The summed E-state index contributed by atoms with van der Waals surface area (Å²) in [5.74, 6) is -0.0652. The van der Waals surface area contributed by atoms with Gasteiger partial charge in [0.25, 0.3) is 0 Å². The summed E-state index contributed by atoms with van der Waals surface area (Å²) < 4.78 is 0. The first-order valence-corrected chi connectivity index (χ1v) is 8.77. The second-order valence-electron chi connectivity index (χ2n) is 6.05. The highest BCUT2D eigenvalue weighted by Gasteiger charge is 2.12. The molecule has 0 saturated carbocycles. The molecule has 0 aliphatic heterocycles. The Morgan fingerprint density at radius 2 is 1.64 bits per heavy atom. The second kappa shape index (κ2) is 9.62. The molecule has 0 aliphatic rings. The molecule has 132 valence electrons. The van der Waals surface area contributed by atoms with Gasteiger partial charge in [-0.3, -0.25) is 9.59 Å². The molecular formula is C21H26N2O2. The molecular weight excluding hydrogens is 312 g/mol. The van der Waals surface area contributed by atoms with E-state index in [1.807, 2.05) is 54.6 Å². The van der Waals surface area contributed by atoms with E-state index in [0.717, 1.165) is 24.1 Å². The lowest BCUT2D eigenvalue weighted by atomic mass is 10.1. The van der Waals surface area contributed by atoms with Gasteiger partial charge in [-0.2, -0.15) is 0 Å². The van der Waals surface area contributed by atoms with Crippen molar-refractivity contribution in [3.8, 4) is 0 Å². The summed E-state index contributed by atoms with van der Waals surface area (Å²) in [4.78, 5) is 25.8. The van der Waals surface area contributed by atoms with Crippen molar-refractivity contribution in [2.45, 2.75) is 33.1 Å². The number of nitrogens with zero attached hydrogens (tertiary/aromatic N) is 1. The zero-order valence-electron chi connectivity index (χ0n) is 15.0. The van der Waals surface area contributed by atoms with Crippen molar-refractivity contribution in [1.82, 2.24) is 4.90 Å². The van der Waals surface area contributed by atoms with E-state index in [0.29, 0.717) is 19.5 Å². The van der Waals surface area contributed by atoms with Crippen LogP contribution >= 0.6 is 0 Å². The number of hydrogen-bond acceptors (Lipinski definition) is 2. The van der Waals surface area contributed by atoms with E-state index in [1.54, 1.807) is 11.8 Å². The van der Waals surface area contributed by atoms with Gasteiger partial charge in [0.2, 0.25) is 11.8 Å².